The number of carbonyl (C=O) groups excluding carboxylic acids is 1. The zero-order chi connectivity index (χ0) is 24.0. The van der Waals surface area contributed by atoms with Crippen molar-refractivity contribution in [3.8, 4) is 17.2 Å². The van der Waals surface area contributed by atoms with Crippen molar-refractivity contribution >= 4 is 67.0 Å². The summed E-state index contributed by atoms with van der Waals surface area (Å²) in [5.74, 6) is 1.43. The minimum Gasteiger partial charge on any atom is -0.493 e. The van der Waals surface area contributed by atoms with Crippen LogP contribution in [0.1, 0.15) is 12.0 Å². The number of thiazole rings is 1. The summed E-state index contributed by atoms with van der Waals surface area (Å²) < 4.78 is 18.2. The Kier molecular flexibility index (Phi) is 10.6. The van der Waals surface area contributed by atoms with E-state index in [2.05, 4.69) is 20.8 Å². The first-order valence-electron chi connectivity index (χ1n) is 10.4. The Morgan fingerprint density at radius 2 is 1.74 bits per heavy atom. The summed E-state index contributed by atoms with van der Waals surface area (Å²) in [6.07, 6.45) is 4.13. The smallest absolute Gasteiger partial charge is 0.252 e. The molecule has 0 saturated heterocycles. The fourth-order valence-electron chi connectivity index (χ4n) is 3.30. The van der Waals surface area contributed by atoms with Crippen LogP contribution in [0.5, 0.6) is 17.2 Å². The average molecular weight is 571 g/mol. The van der Waals surface area contributed by atoms with E-state index in [4.69, 9.17) is 19.2 Å². The lowest BCUT2D eigenvalue weighted by Gasteiger charge is -2.19. The number of rotatable bonds is 10. The summed E-state index contributed by atoms with van der Waals surface area (Å²) in [7, 11) is 8.72. The molecule has 0 aliphatic carbocycles. The number of anilines is 1. The van der Waals surface area contributed by atoms with E-state index in [-0.39, 0.29) is 18.3 Å². The molecule has 1 aromatic heterocycles. The fourth-order valence-corrected chi connectivity index (χ4v) is 4.85. The zero-order valence-electron chi connectivity index (χ0n) is 19.8. The summed E-state index contributed by atoms with van der Waals surface area (Å²) in [6.45, 7) is 1.44. The number of benzene rings is 2. The van der Waals surface area contributed by atoms with Gasteiger partial charge in [-0.25, -0.2) is 4.98 Å². The number of halogens is 2. The van der Waals surface area contributed by atoms with Crippen molar-refractivity contribution in [1.29, 1.82) is 0 Å². The average Bonchev–Trinajstić information content (AvgIpc) is 3.21. The van der Waals surface area contributed by atoms with Gasteiger partial charge in [0.05, 0.1) is 31.5 Å². The van der Waals surface area contributed by atoms with Crippen LogP contribution in [0.3, 0.4) is 0 Å². The van der Waals surface area contributed by atoms with Crippen LogP contribution in [0.15, 0.2) is 40.9 Å². The number of nitrogens with zero attached hydrogens (tertiary/aromatic N) is 3. The summed E-state index contributed by atoms with van der Waals surface area (Å²) in [4.78, 5) is 21.8. The van der Waals surface area contributed by atoms with Gasteiger partial charge in [-0.2, -0.15) is 0 Å². The van der Waals surface area contributed by atoms with Gasteiger partial charge in [-0.15, -0.1) is 12.4 Å². The molecule has 0 fully saturated rings. The number of aromatic nitrogens is 1. The molecule has 7 nitrogen and oxygen atoms in total. The normalized spacial score (nSPS) is 11.0. The predicted molar refractivity (Wildman–Crippen MR) is 145 cm³/mol. The third-order valence-corrected chi connectivity index (χ3v) is 6.46. The largest absolute Gasteiger partial charge is 0.493 e. The molecule has 0 bridgehead atoms. The Morgan fingerprint density at radius 3 is 2.32 bits per heavy atom. The molecule has 10 heteroatoms. The van der Waals surface area contributed by atoms with Crippen LogP contribution in [0.25, 0.3) is 16.3 Å². The molecule has 0 spiro atoms. The third-order valence-electron chi connectivity index (χ3n) is 4.93. The topological polar surface area (TPSA) is 64.1 Å². The van der Waals surface area contributed by atoms with Gasteiger partial charge in [0.2, 0.25) is 5.75 Å². The van der Waals surface area contributed by atoms with Crippen molar-refractivity contribution < 1.29 is 19.0 Å². The van der Waals surface area contributed by atoms with Crippen molar-refractivity contribution in [2.75, 3.05) is 53.4 Å². The zero-order valence-corrected chi connectivity index (χ0v) is 23.1. The number of amides is 1. The lowest BCUT2D eigenvalue weighted by atomic mass is 10.1. The SMILES string of the molecule is COc1cc(C=CC(=O)N(CCCN(C)C)c2nc3ccc(Br)cc3s2)cc(OC)c1OC.Cl. The summed E-state index contributed by atoms with van der Waals surface area (Å²) in [5, 5.41) is 0.682. The van der Waals surface area contributed by atoms with E-state index in [9.17, 15) is 4.79 Å². The Labute approximate surface area is 218 Å². The van der Waals surface area contributed by atoms with Crippen molar-refractivity contribution in [2.24, 2.45) is 0 Å². The van der Waals surface area contributed by atoms with E-state index < -0.39 is 0 Å². The Hall–Kier alpha value is -2.33. The molecule has 0 atom stereocenters. The van der Waals surface area contributed by atoms with Gasteiger partial charge in [0, 0.05) is 17.1 Å². The molecule has 3 rings (SSSR count). The molecule has 1 amide bonds. The van der Waals surface area contributed by atoms with Gasteiger partial charge in [0.25, 0.3) is 5.91 Å². The van der Waals surface area contributed by atoms with Crippen molar-refractivity contribution in [1.82, 2.24) is 9.88 Å². The summed E-state index contributed by atoms with van der Waals surface area (Å²) >= 11 is 5.01. The van der Waals surface area contributed by atoms with Crippen LogP contribution in [0, 0.1) is 0 Å². The monoisotopic (exact) mass is 569 g/mol. The van der Waals surface area contributed by atoms with E-state index in [1.165, 1.54) is 11.3 Å². The molecule has 1 heterocycles. The van der Waals surface area contributed by atoms with Crippen molar-refractivity contribution in [3.05, 3.63) is 46.4 Å². The van der Waals surface area contributed by atoms with Crippen molar-refractivity contribution in [2.45, 2.75) is 6.42 Å². The second-order valence-electron chi connectivity index (χ2n) is 7.55. The van der Waals surface area contributed by atoms with Gasteiger partial charge in [0.15, 0.2) is 16.6 Å². The van der Waals surface area contributed by atoms with Crippen molar-refractivity contribution in [3.63, 3.8) is 0 Å². The molecular formula is C24H29BrClN3O4S. The molecule has 184 valence electrons. The van der Waals surface area contributed by atoms with E-state index in [0.29, 0.717) is 28.9 Å². The Morgan fingerprint density at radius 1 is 1.06 bits per heavy atom. The standard InChI is InChI=1S/C24H28BrN3O4S.ClH/c1-27(2)11-6-12-28(24-26-18-9-8-17(25)15-21(18)33-24)22(29)10-7-16-13-19(30-3)23(32-5)20(14-16)31-4;/h7-10,13-15H,6,11-12H2,1-5H3;1H. The highest BCUT2D eigenvalue weighted by Crippen LogP contribution is 2.38. The second kappa shape index (κ2) is 12.9. The molecule has 2 aromatic carbocycles. The molecular weight excluding hydrogens is 542 g/mol. The first kappa shape index (κ1) is 27.9. The molecule has 0 radical (unpaired) electrons. The summed E-state index contributed by atoms with van der Waals surface area (Å²) in [6, 6.07) is 9.53. The number of fused-ring (bicyclic) bond motifs is 1. The molecule has 0 N–H and O–H groups in total. The maximum Gasteiger partial charge on any atom is 0.252 e. The minimum atomic E-state index is -0.138. The van der Waals surface area contributed by atoms with Crippen LogP contribution in [-0.4, -0.2) is 64.3 Å². The highest BCUT2D eigenvalue weighted by atomic mass is 79.9. The number of hydrogen-bond acceptors (Lipinski definition) is 7. The maximum absolute atomic E-state index is 13.3. The van der Waals surface area contributed by atoms with Crippen LogP contribution >= 0.6 is 39.7 Å². The van der Waals surface area contributed by atoms with Crippen LogP contribution in [0.4, 0.5) is 5.13 Å². The van der Waals surface area contributed by atoms with Gasteiger partial charge in [-0.1, -0.05) is 27.3 Å². The summed E-state index contributed by atoms with van der Waals surface area (Å²) in [5.41, 5.74) is 1.64. The van der Waals surface area contributed by atoms with E-state index in [1.54, 1.807) is 50.5 Å². The number of methoxy groups -OCH3 is 3. The van der Waals surface area contributed by atoms with E-state index in [0.717, 1.165) is 33.2 Å². The molecule has 0 unspecified atom stereocenters. The minimum absolute atomic E-state index is 0. The Balaban J connectivity index is 0.00000408. The lowest BCUT2D eigenvalue weighted by molar-refractivity contribution is -0.114. The first-order chi connectivity index (χ1) is 15.9. The molecule has 0 aliphatic rings. The highest BCUT2D eigenvalue weighted by Gasteiger charge is 2.18. The predicted octanol–water partition coefficient (Wildman–Crippen LogP) is 5.50. The molecule has 0 aliphatic heterocycles. The number of carbonyl (C=O) groups is 1. The number of ether oxygens (including phenoxy) is 3. The molecule has 3 aromatic rings. The van der Waals surface area contributed by atoms with Gasteiger partial charge in [0.1, 0.15) is 0 Å². The van der Waals surface area contributed by atoms with E-state index in [1.807, 2.05) is 32.3 Å². The van der Waals surface area contributed by atoms with Crippen LogP contribution in [-0.2, 0) is 4.79 Å². The quantitative estimate of drug-likeness (QED) is 0.300. The van der Waals surface area contributed by atoms with Gasteiger partial charge >= 0.3 is 0 Å². The molecule has 0 saturated carbocycles. The fraction of sp³-hybridized carbons (Fsp3) is 0.333. The maximum atomic E-state index is 13.3. The highest BCUT2D eigenvalue weighted by molar-refractivity contribution is 9.10. The second-order valence-corrected chi connectivity index (χ2v) is 9.47. The van der Waals surface area contributed by atoms with Crippen LogP contribution < -0.4 is 19.1 Å². The third kappa shape index (κ3) is 6.85. The van der Waals surface area contributed by atoms with Gasteiger partial charge < -0.3 is 19.1 Å². The van der Waals surface area contributed by atoms with E-state index >= 15 is 0 Å². The number of hydrogen-bond donors (Lipinski definition) is 0. The lowest BCUT2D eigenvalue weighted by Crippen LogP contribution is -2.32. The Bertz CT molecular complexity index is 1130. The van der Waals surface area contributed by atoms with Crippen LogP contribution in [0.2, 0.25) is 0 Å². The first-order valence-corrected chi connectivity index (χ1v) is 12.0. The van der Waals surface area contributed by atoms with Gasteiger partial charge in [-0.3, -0.25) is 9.69 Å². The van der Waals surface area contributed by atoms with Gasteiger partial charge in [-0.05, 0) is 69.0 Å². The molecule has 34 heavy (non-hydrogen) atoms.